The first-order valence-corrected chi connectivity index (χ1v) is 8.71. The smallest absolute Gasteiger partial charge is 0.252 e. The third-order valence-electron chi connectivity index (χ3n) is 4.30. The Labute approximate surface area is 158 Å². The highest BCUT2D eigenvalue weighted by Crippen LogP contribution is 2.19. The maximum Gasteiger partial charge on any atom is 0.252 e. The van der Waals surface area contributed by atoms with Crippen LogP contribution in [0.25, 0.3) is 0 Å². The molecule has 138 valence electrons. The van der Waals surface area contributed by atoms with E-state index in [0.29, 0.717) is 12.2 Å². The summed E-state index contributed by atoms with van der Waals surface area (Å²) in [5, 5.41) is 2.90. The van der Waals surface area contributed by atoms with E-state index in [2.05, 4.69) is 10.3 Å². The van der Waals surface area contributed by atoms with Gasteiger partial charge in [-0.15, -0.1) is 0 Å². The zero-order valence-electron chi connectivity index (χ0n) is 15.3. The van der Waals surface area contributed by atoms with Gasteiger partial charge >= 0.3 is 0 Å². The number of carbonyl (C=O) groups is 1. The number of amides is 1. The third-order valence-corrected chi connectivity index (χ3v) is 4.30. The molecule has 27 heavy (non-hydrogen) atoms. The van der Waals surface area contributed by atoms with Crippen LogP contribution in [0.15, 0.2) is 67.0 Å². The fraction of sp³-hybridized carbons (Fsp3) is 0.182. The summed E-state index contributed by atoms with van der Waals surface area (Å²) in [6.45, 7) is 4.11. The van der Waals surface area contributed by atoms with Gasteiger partial charge in [-0.05, 0) is 55.3 Å². The van der Waals surface area contributed by atoms with E-state index in [9.17, 15) is 9.18 Å². The molecule has 0 fully saturated rings. The summed E-state index contributed by atoms with van der Waals surface area (Å²) >= 11 is 0. The van der Waals surface area contributed by atoms with Crippen LogP contribution >= 0.6 is 0 Å². The van der Waals surface area contributed by atoms with Gasteiger partial charge < -0.3 is 10.1 Å². The predicted molar refractivity (Wildman–Crippen MR) is 102 cm³/mol. The van der Waals surface area contributed by atoms with E-state index in [-0.39, 0.29) is 11.9 Å². The summed E-state index contributed by atoms with van der Waals surface area (Å²) < 4.78 is 19.1. The zero-order chi connectivity index (χ0) is 19.2. The maximum atomic E-state index is 13.4. The van der Waals surface area contributed by atoms with Crippen molar-refractivity contribution < 1.29 is 13.9 Å². The first kappa shape index (κ1) is 18.6. The van der Waals surface area contributed by atoms with Crippen molar-refractivity contribution in [3.63, 3.8) is 0 Å². The molecule has 3 rings (SSSR count). The molecular formula is C22H21FN2O2. The lowest BCUT2D eigenvalue weighted by atomic mass is 10.1. The van der Waals surface area contributed by atoms with Crippen LogP contribution in [0.4, 0.5) is 4.39 Å². The lowest BCUT2D eigenvalue weighted by molar-refractivity contribution is 0.0939. The highest BCUT2D eigenvalue weighted by molar-refractivity contribution is 5.95. The Morgan fingerprint density at radius 3 is 2.67 bits per heavy atom. The molecule has 0 spiro atoms. The minimum atomic E-state index is -0.423. The van der Waals surface area contributed by atoms with Crippen LogP contribution in [0.3, 0.4) is 0 Å². The molecule has 2 aromatic carbocycles. The normalized spacial score (nSPS) is 11.7. The number of nitrogens with zero attached hydrogens (tertiary/aromatic N) is 1. The minimum Gasteiger partial charge on any atom is -0.489 e. The van der Waals surface area contributed by atoms with Gasteiger partial charge in [0.1, 0.15) is 18.2 Å². The molecule has 1 atom stereocenters. The third kappa shape index (κ3) is 4.91. The van der Waals surface area contributed by atoms with E-state index in [4.69, 9.17) is 4.74 Å². The molecular weight excluding hydrogens is 343 g/mol. The second-order valence-corrected chi connectivity index (χ2v) is 6.37. The fourth-order valence-electron chi connectivity index (χ4n) is 2.70. The van der Waals surface area contributed by atoms with E-state index >= 15 is 0 Å². The number of rotatable bonds is 6. The topological polar surface area (TPSA) is 51.2 Å². The molecule has 0 aliphatic carbocycles. The van der Waals surface area contributed by atoms with E-state index in [1.807, 2.05) is 43.3 Å². The van der Waals surface area contributed by atoms with Crippen molar-refractivity contribution >= 4 is 5.91 Å². The first-order chi connectivity index (χ1) is 13.0. The van der Waals surface area contributed by atoms with Gasteiger partial charge in [0.05, 0.1) is 6.04 Å². The highest BCUT2D eigenvalue weighted by atomic mass is 19.1. The van der Waals surface area contributed by atoms with Gasteiger partial charge in [-0.1, -0.05) is 24.3 Å². The standard InChI is InChI=1S/C22H21FN2O2/c1-15-5-8-19(23)12-21(15)22(26)25-16(2)18-6-9-20(10-7-18)27-14-17-4-3-11-24-13-17/h3-13,16H,14H2,1-2H3,(H,25,26). The van der Waals surface area contributed by atoms with E-state index in [1.54, 1.807) is 25.4 Å². The van der Waals surface area contributed by atoms with Crippen molar-refractivity contribution in [3.05, 3.63) is 95.1 Å². The Morgan fingerprint density at radius 1 is 1.19 bits per heavy atom. The molecule has 0 saturated heterocycles. The van der Waals surface area contributed by atoms with Crippen molar-refractivity contribution in [1.82, 2.24) is 10.3 Å². The summed E-state index contributed by atoms with van der Waals surface area (Å²) in [4.78, 5) is 16.5. The number of aromatic nitrogens is 1. The molecule has 0 radical (unpaired) electrons. The zero-order valence-corrected chi connectivity index (χ0v) is 15.3. The fourth-order valence-corrected chi connectivity index (χ4v) is 2.70. The summed E-state index contributed by atoms with van der Waals surface area (Å²) in [6, 6.07) is 15.3. The molecule has 0 saturated carbocycles. The lowest BCUT2D eigenvalue weighted by Crippen LogP contribution is -2.27. The summed E-state index contributed by atoms with van der Waals surface area (Å²) in [5.74, 6) is 0.0204. The second-order valence-electron chi connectivity index (χ2n) is 6.37. The minimum absolute atomic E-state index is 0.215. The number of carbonyl (C=O) groups excluding carboxylic acids is 1. The molecule has 5 heteroatoms. The summed E-state index contributed by atoms with van der Waals surface area (Å²) in [6.07, 6.45) is 3.49. The maximum absolute atomic E-state index is 13.4. The number of benzene rings is 2. The molecule has 1 aromatic heterocycles. The largest absolute Gasteiger partial charge is 0.489 e. The van der Waals surface area contributed by atoms with Gasteiger partial charge in [0, 0.05) is 23.5 Å². The van der Waals surface area contributed by atoms with Crippen molar-refractivity contribution in [1.29, 1.82) is 0 Å². The average Bonchev–Trinajstić information content (AvgIpc) is 2.69. The Balaban J connectivity index is 1.61. The van der Waals surface area contributed by atoms with Crippen LogP contribution in [-0.2, 0) is 6.61 Å². The predicted octanol–water partition coefficient (Wildman–Crippen LogP) is 4.60. The number of hydrogen-bond donors (Lipinski definition) is 1. The summed E-state index contributed by atoms with van der Waals surface area (Å²) in [7, 11) is 0. The molecule has 1 unspecified atom stereocenters. The first-order valence-electron chi connectivity index (χ1n) is 8.71. The number of hydrogen-bond acceptors (Lipinski definition) is 3. The number of ether oxygens (including phenoxy) is 1. The number of nitrogens with one attached hydrogen (secondary N) is 1. The van der Waals surface area contributed by atoms with E-state index < -0.39 is 5.82 Å². The van der Waals surface area contributed by atoms with Crippen LogP contribution in [-0.4, -0.2) is 10.9 Å². The van der Waals surface area contributed by atoms with Gasteiger partial charge in [-0.3, -0.25) is 9.78 Å². The van der Waals surface area contributed by atoms with Crippen molar-refractivity contribution in [2.75, 3.05) is 0 Å². The van der Waals surface area contributed by atoms with Gasteiger partial charge in [0.15, 0.2) is 0 Å². The Bertz CT molecular complexity index is 911. The summed E-state index contributed by atoms with van der Waals surface area (Å²) in [5.41, 5.74) is 3.01. The number of pyridine rings is 1. The second kappa shape index (κ2) is 8.45. The van der Waals surface area contributed by atoms with Crippen LogP contribution in [0.2, 0.25) is 0 Å². The Hall–Kier alpha value is -3.21. The number of halogens is 1. The Morgan fingerprint density at radius 2 is 1.96 bits per heavy atom. The van der Waals surface area contributed by atoms with Crippen molar-refractivity contribution in [3.8, 4) is 5.75 Å². The molecule has 0 aliphatic rings. The monoisotopic (exact) mass is 364 g/mol. The van der Waals surface area contributed by atoms with E-state index in [0.717, 1.165) is 22.4 Å². The van der Waals surface area contributed by atoms with Crippen LogP contribution in [0, 0.1) is 12.7 Å². The molecule has 4 nitrogen and oxygen atoms in total. The molecule has 1 heterocycles. The molecule has 3 aromatic rings. The lowest BCUT2D eigenvalue weighted by Gasteiger charge is -2.16. The molecule has 1 N–H and O–H groups in total. The molecule has 1 amide bonds. The quantitative estimate of drug-likeness (QED) is 0.695. The van der Waals surface area contributed by atoms with Crippen LogP contribution < -0.4 is 10.1 Å². The van der Waals surface area contributed by atoms with Crippen molar-refractivity contribution in [2.45, 2.75) is 26.5 Å². The Kier molecular flexibility index (Phi) is 5.81. The average molecular weight is 364 g/mol. The van der Waals surface area contributed by atoms with Gasteiger partial charge in [-0.25, -0.2) is 4.39 Å². The van der Waals surface area contributed by atoms with Gasteiger partial charge in [0.2, 0.25) is 0 Å². The molecule has 0 bridgehead atoms. The highest BCUT2D eigenvalue weighted by Gasteiger charge is 2.14. The van der Waals surface area contributed by atoms with Crippen molar-refractivity contribution in [2.24, 2.45) is 0 Å². The van der Waals surface area contributed by atoms with Gasteiger partial charge in [-0.2, -0.15) is 0 Å². The van der Waals surface area contributed by atoms with Crippen LogP contribution in [0.1, 0.15) is 40.0 Å². The van der Waals surface area contributed by atoms with Crippen LogP contribution in [0.5, 0.6) is 5.75 Å². The molecule has 0 aliphatic heterocycles. The SMILES string of the molecule is Cc1ccc(F)cc1C(=O)NC(C)c1ccc(OCc2cccnc2)cc1. The van der Waals surface area contributed by atoms with Gasteiger partial charge in [0.25, 0.3) is 5.91 Å². The number of aryl methyl sites for hydroxylation is 1. The van der Waals surface area contributed by atoms with E-state index in [1.165, 1.54) is 12.1 Å².